The van der Waals surface area contributed by atoms with Gasteiger partial charge in [-0.1, -0.05) is 12.1 Å². The van der Waals surface area contributed by atoms with Gasteiger partial charge in [-0.3, -0.25) is 9.69 Å². The first-order valence-electron chi connectivity index (χ1n) is 6.67. The summed E-state index contributed by atoms with van der Waals surface area (Å²) < 4.78 is 0. The van der Waals surface area contributed by atoms with Gasteiger partial charge in [0.25, 0.3) is 0 Å². The zero-order valence-electron chi connectivity index (χ0n) is 11.4. The highest BCUT2D eigenvalue weighted by Crippen LogP contribution is 2.23. The van der Waals surface area contributed by atoms with Crippen LogP contribution in [0, 0.1) is 0 Å². The predicted octanol–water partition coefficient (Wildman–Crippen LogP) is -0.223. The van der Waals surface area contributed by atoms with E-state index in [0.717, 1.165) is 0 Å². The Bertz CT molecular complexity index is 517. The van der Waals surface area contributed by atoms with E-state index in [-0.39, 0.29) is 18.2 Å². The van der Waals surface area contributed by atoms with Gasteiger partial charge in [0.05, 0.1) is 12.2 Å². The van der Waals surface area contributed by atoms with E-state index in [1.165, 1.54) is 24.3 Å². The molecule has 4 N–H and O–H groups in total. The predicted molar refractivity (Wildman–Crippen MR) is 74.2 cm³/mol. The molecule has 7 nitrogen and oxygen atoms in total. The summed E-state index contributed by atoms with van der Waals surface area (Å²) >= 11 is 0. The molecule has 2 rings (SSSR count). The maximum atomic E-state index is 11.6. The summed E-state index contributed by atoms with van der Waals surface area (Å²) in [6.07, 6.45) is 0. The lowest BCUT2D eigenvalue weighted by Crippen LogP contribution is -2.54. The van der Waals surface area contributed by atoms with E-state index in [1.807, 2.05) is 0 Å². The summed E-state index contributed by atoms with van der Waals surface area (Å²) in [4.78, 5) is 24.2. The van der Waals surface area contributed by atoms with E-state index in [0.29, 0.717) is 25.2 Å². The average molecular weight is 294 g/mol. The van der Waals surface area contributed by atoms with Crippen LogP contribution in [0.2, 0.25) is 0 Å². The zero-order valence-corrected chi connectivity index (χ0v) is 11.4. The summed E-state index contributed by atoms with van der Waals surface area (Å²) in [7, 11) is 0. The molecule has 0 aromatic heterocycles. The summed E-state index contributed by atoms with van der Waals surface area (Å²) in [5, 5.41) is 30.7. The molecule has 0 saturated carbocycles. The number of aliphatic carboxylic acids is 1. The van der Waals surface area contributed by atoms with Gasteiger partial charge in [-0.2, -0.15) is 0 Å². The monoisotopic (exact) mass is 294 g/mol. The van der Waals surface area contributed by atoms with E-state index in [1.54, 1.807) is 4.90 Å². The molecule has 0 spiro atoms. The minimum atomic E-state index is -1.05. The number of hydrogen-bond donors (Lipinski definition) is 4. The smallest absolute Gasteiger partial charge is 0.335 e. The standard InChI is InChI=1S/C14H18N2O5/c17-8-11-7-16(6-5-15-11)12(14(20)21)9-1-3-10(4-2-9)13(18)19/h1-4,11-12,15,17H,5-8H2,(H,18,19)(H,20,21)/t11-,12?/m0/s1. The third-order valence-electron chi connectivity index (χ3n) is 3.58. The second kappa shape index (κ2) is 6.66. The molecular formula is C14H18N2O5. The summed E-state index contributed by atoms with van der Waals surface area (Å²) in [6.45, 7) is 1.52. The molecule has 1 heterocycles. The van der Waals surface area contributed by atoms with E-state index < -0.39 is 18.0 Å². The van der Waals surface area contributed by atoms with Gasteiger partial charge < -0.3 is 20.6 Å². The summed E-state index contributed by atoms with van der Waals surface area (Å²) in [5.41, 5.74) is 0.655. The van der Waals surface area contributed by atoms with E-state index >= 15 is 0 Å². The topological polar surface area (TPSA) is 110 Å². The van der Waals surface area contributed by atoms with Crippen molar-refractivity contribution in [2.75, 3.05) is 26.2 Å². The van der Waals surface area contributed by atoms with Gasteiger partial charge in [-0.25, -0.2) is 4.79 Å². The van der Waals surface area contributed by atoms with Gasteiger partial charge in [0.2, 0.25) is 0 Å². The maximum absolute atomic E-state index is 11.6. The van der Waals surface area contributed by atoms with Crippen molar-refractivity contribution in [1.82, 2.24) is 10.2 Å². The number of carboxylic acids is 2. The number of rotatable bonds is 5. The van der Waals surface area contributed by atoms with Gasteiger partial charge in [-0.15, -0.1) is 0 Å². The fraction of sp³-hybridized carbons (Fsp3) is 0.429. The van der Waals surface area contributed by atoms with Gasteiger partial charge in [0, 0.05) is 25.7 Å². The minimum Gasteiger partial charge on any atom is -0.480 e. The molecule has 0 aliphatic carbocycles. The average Bonchev–Trinajstić information content (AvgIpc) is 2.48. The molecule has 1 unspecified atom stereocenters. The fourth-order valence-electron chi connectivity index (χ4n) is 2.53. The Kier molecular flexibility index (Phi) is 4.89. The SMILES string of the molecule is O=C(O)c1ccc(C(C(=O)O)N2CCN[C@H](CO)C2)cc1. The maximum Gasteiger partial charge on any atom is 0.335 e. The van der Waals surface area contributed by atoms with Crippen LogP contribution in [0.15, 0.2) is 24.3 Å². The molecule has 1 aliphatic heterocycles. The molecule has 0 radical (unpaired) electrons. The number of aliphatic hydroxyl groups excluding tert-OH is 1. The lowest BCUT2D eigenvalue weighted by Gasteiger charge is -2.36. The van der Waals surface area contributed by atoms with E-state index in [2.05, 4.69) is 5.32 Å². The van der Waals surface area contributed by atoms with Crippen LogP contribution in [0.4, 0.5) is 0 Å². The third kappa shape index (κ3) is 3.57. The van der Waals surface area contributed by atoms with Crippen LogP contribution >= 0.6 is 0 Å². The van der Waals surface area contributed by atoms with Gasteiger partial charge >= 0.3 is 11.9 Å². The van der Waals surface area contributed by atoms with Crippen LogP contribution in [0.3, 0.4) is 0 Å². The van der Waals surface area contributed by atoms with Crippen LogP contribution < -0.4 is 5.32 Å². The van der Waals surface area contributed by atoms with Gasteiger partial charge in [-0.05, 0) is 17.7 Å². The zero-order chi connectivity index (χ0) is 15.4. The number of hydrogen-bond acceptors (Lipinski definition) is 5. The molecule has 21 heavy (non-hydrogen) atoms. The van der Waals surface area contributed by atoms with E-state index in [4.69, 9.17) is 5.11 Å². The molecule has 1 saturated heterocycles. The number of benzene rings is 1. The van der Waals surface area contributed by atoms with Crippen LogP contribution in [0.25, 0.3) is 0 Å². The molecule has 1 aromatic carbocycles. The number of carboxylic acid groups (broad SMARTS) is 2. The second-order valence-electron chi connectivity index (χ2n) is 5.00. The Labute approximate surface area is 121 Å². The van der Waals surface area contributed by atoms with Crippen molar-refractivity contribution >= 4 is 11.9 Å². The highest BCUT2D eigenvalue weighted by Gasteiger charge is 2.31. The van der Waals surface area contributed by atoms with Crippen molar-refractivity contribution in [3.63, 3.8) is 0 Å². The third-order valence-corrected chi connectivity index (χ3v) is 3.58. The highest BCUT2D eigenvalue weighted by molar-refractivity contribution is 5.87. The fourth-order valence-corrected chi connectivity index (χ4v) is 2.53. The molecule has 1 aliphatic rings. The Morgan fingerprint density at radius 1 is 1.29 bits per heavy atom. The normalized spacial score (nSPS) is 20.9. The first-order chi connectivity index (χ1) is 10.0. The van der Waals surface area contributed by atoms with Crippen molar-refractivity contribution < 1.29 is 24.9 Å². The minimum absolute atomic E-state index is 0.0548. The van der Waals surface area contributed by atoms with Crippen molar-refractivity contribution in [2.45, 2.75) is 12.1 Å². The summed E-state index contributed by atoms with van der Waals surface area (Å²) in [6, 6.07) is 4.86. The number of nitrogens with zero attached hydrogens (tertiary/aromatic N) is 1. The van der Waals surface area contributed by atoms with Crippen LogP contribution in [-0.4, -0.2) is 64.4 Å². The van der Waals surface area contributed by atoms with Gasteiger partial charge in [0.1, 0.15) is 6.04 Å². The largest absolute Gasteiger partial charge is 0.480 e. The Balaban J connectivity index is 2.22. The molecule has 114 valence electrons. The summed E-state index contributed by atoms with van der Waals surface area (Å²) in [5.74, 6) is -2.03. The lowest BCUT2D eigenvalue weighted by atomic mass is 10.0. The molecular weight excluding hydrogens is 276 g/mol. The Hall–Kier alpha value is -1.96. The number of aliphatic hydroxyl groups is 1. The lowest BCUT2D eigenvalue weighted by molar-refractivity contribution is -0.144. The Morgan fingerprint density at radius 2 is 1.95 bits per heavy atom. The number of nitrogens with one attached hydrogen (secondary N) is 1. The molecule has 0 amide bonds. The first-order valence-corrected chi connectivity index (χ1v) is 6.67. The number of aromatic carboxylic acids is 1. The van der Waals surface area contributed by atoms with Crippen molar-refractivity contribution in [2.24, 2.45) is 0 Å². The van der Waals surface area contributed by atoms with Crippen LogP contribution in [0.5, 0.6) is 0 Å². The van der Waals surface area contributed by atoms with Crippen LogP contribution in [-0.2, 0) is 4.79 Å². The quantitative estimate of drug-likeness (QED) is 0.594. The van der Waals surface area contributed by atoms with Crippen molar-refractivity contribution in [3.05, 3.63) is 35.4 Å². The molecule has 0 bridgehead atoms. The van der Waals surface area contributed by atoms with Crippen molar-refractivity contribution in [3.8, 4) is 0 Å². The number of piperazine rings is 1. The first kappa shape index (κ1) is 15.4. The highest BCUT2D eigenvalue weighted by atomic mass is 16.4. The molecule has 2 atom stereocenters. The number of carbonyl (C=O) groups is 2. The van der Waals surface area contributed by atoms with Crippen LogP contribution in [0.1, 0.15) is 22.0 Å². The molecule has 7 heteroatoms. The van der Waals surface area contributed by atoms with Gasteiger partial charge in [0.15, 0.2) is 0 Å². The van der Waals surface area contributed by atoms with E-state index in [9.17, 15) is 19.8 Å². The second-order valence-corrected chi connectivity index (χ2v) is 5.00. The molecule has 1 fully saturated rings. The molecule has 1 aromatic rings. The Morgan fingerprint density at radius 3 is 2.48 bits per heavy atom. The van der Waals surface area contributed by atoms with Crippen molar-refractivity contribution in [1.29, 1.82) is 0 Å².